The first kappa shape index (κ1) is 10.8. The van der Waals surface area contributed by atoms with E-state index in [0.29, 0.717) is 0 Å². The van der Waals surface area contributed by atoms with Crippen LogP contribution in [0.3, 0.4) is 0 Å². The van der Waals surface area contributed by atoms with Gasteiger partial charge in [-0.2, -0.15) is 0 Å². The fraction of sp³-hybridized carbons (Fsp3) is 0.125. The molecule has 1 aromatic heterocycles. The molecule has 1 rings (SSSR count). The van der Waals surface area contributed by atoms with E-state index in [0.717, 1.165) is 0 Å². The number of amides is 1. The molecule has 1 heterocycles. The van der Waals surface area contributed by atoms with Gasteiger partial charge in [0, 0.05) is 0 Å². The van der Waals surface area contributed by atoms with Crippen molar-refractivity contribution in [3.63, 3.8) is 0 Å². The third-order valence-corrected chi connectivity index (χ3v) is 1.57. The standard InChI is InChI=1S/C8H10N4O3/c9-4-1-5(8(14)15)7(11-2-4)12-3-6(10)13/h1-2H,3,9H2,(H2,10,13)(H,11,12)(H,14,15). The Bertz CT molecular complexity index is 405. The predicted molar refractivity (Wildman–Crippen MR) is 53.3 cm³/mol. The van der Waals surface area contributed by atoms with Crippen LogP contribution in [-0.2, 0) is 4.79 Å². The van der Waals surface area contributed by atoms with Crippen molar-refractivity contribution in [1.82, 2.24) is 4.98 Å². The summed E-state index contributed by atoms with van der Waals surface area (Å²) in [4.78, 5) is 25.0. The second kappa shape index (κ2) is 4.27. The molecule has 0 saturated heterocycles. The van der Waals surface area contributed by atoms with E-state index in [1.807, 2.05) is 0 Å². The van der Waals surface area contributed by atoms with Gasteiger partial charge < -0.3 is 21.9 Å². The topological polar surface area (TPSA) is 131 Å². The van der Waals surface area contributed by atoms with Crippen molar-refractivity contribution in [2.24, 2.45) is 5.73 Å². The lowest BCUT2D eigenvalue weighted by Gasteiger charge is -2.06. The van der Waals surface area contributed by atoms with Crippen molar-refractivity contribution in [1.29, 1.82) is 0 Å². The zero-order chi connectivity index (χ0) is 11.4. The summed E-state index contributed by atoms with van der Waals surface area (Å²) in [7, 11) is 0. The maximum atomic E-state index is 10.8. The smallest absolute Gasteiger partial charge is 0.339 e. The number of nitrogens with one attached hydrogen (secondary N) is 1. The van der Waals surface area contributed by atoms with Gasteiger partial charge in [-0.15, -0.1) is 0 Å². The molecule has 1 aromatic rings. The number of pyridine rings is 1. The highest BCUT2D eigenvalue weighted by atomic mass is 16.4. The number of primary amides is 1. The molecule has 0 aliphatic heterocycles. The van der Waals surface area contributed by atoms with Crippen molar-refractivity contribution in [3.05, 3.63) is 17.8 Å². The van der Waals surface area contributed by atoms with E-state index in [-0.39, 0.29) is 23.6 Å². The Kier molecular flexibility index (Phi) is 3.06. The molecule has 15 heavy (non-hydrogen) atoms. The number of carbonyl (C=O) groups is 2. The van der Waals surface area contributed by atoms with Crippen molar-refractivity contribution >= 4 is 23.4 Å². The summed E-state index contributed by atoms with van der Waals surface area (Å²) in [5, 5.41) is 11.3. The van der Waals surface area contributed by atoms with Gasteiger partial charge in [0.2, 0.25) is 5.91 Å². The number of carboxylic acids is 1. The Morgan fingerprint density at radius 3 is 2.73 bits per heavy atom. The highest BCUT2D eigenvalue weighted by molar-refractivity contribution is 5.94. The van der Waals surface area contributed by atoms with E-state index in [1.54, 1.807) is 0 Å². The van der Waals surface area contributed by atoms with E-state index in [9.17, 15) is 9.59 Å². The average molecular weight is 210 g/mol. The molecule has 0 spiro atoms. The van der Waals surface area contributed by atoms with E-state index < -0.39 is 11.9 Å². The maximum absolute atomic E-state index is 10.8. The van der Waals surface area contributed by atoms with Crippen LogP contribution in [0, 0.1) is 0 Å². The minimum Gasteiger partial charge on any atom is -0.478 e. The summed E-state index contributed by atoms with van der Waals surface area (Å²) < 4.78 is 0. The molecule has 0 aliphatic carbocycles. The number of hydrogen-bond donors (Lipinski definition) is 4. The SMILES string of the molecule is NC(=O)CNc1ncc(N)cc1C(=O)O. The summed E-state index contributed by atoms with van der Waals surface area (Å²) >= 11 is 0. The number of aromatic carboxylic acids is 1. The average Bonchev–Trinajstić information content (AvgIpc) is 2.15. The number of carbonyl (C=O) groups excluding carboxylic acids is 1. The lowest BCUT2D eigenvalue weighted by molar-refractivity contribution is -0.116. The zero-order valence-electron chi connectivity index (χ0n) is 7.73. The number of anilines is 2. The van der Waals surface area contributed by atoms with Gasteiger partial charge >= 0.3 is 5.97 Å². The maximum Gasteiger partial charge on any atom is 0.339 e. The van der Waals surface area contributed by atoms with Crippen LogP contribution in [0.2, 0.25) is 0 Å². The van der Waals surface area contributed by atoms with Crippen LogP contribution < -0.4 is 16.8 Å². The largest absolute Gasteiger partial charge is 0.478 e. The van der Waals surface area contributed by atoms with Crippen LogP contribution in [0.5, 0.6) is 0 Å². The van der Waals surface area contributed by atoms with Crippen molar-refractivity contribution in [2.45, 2.75) is 0 Å². The van der Waals surface area contributed by atoms with E-state index in [4.69, 9.17) is 16.6 Å². The number of carboxylic acid groups (broad SMARTS) is 1. The second-order valence-corrected chi connectivity index (χ2v) is 2.79. The van der Waals surface area contributed by atoms with Gasteiger partial charge in [0.15, 0.2) is 0 Å². The van der Waals surface area contributed by atoms with Crippen LogP contribution >= 0.6 is 0 Å². The number of rotatable bonds is 4. The van der Waals surface area contributed by atoms with Gasteiger partial charge in [0.25, 0.3) is 0 Å². The molecular weight excluding hydrogens is 200 g/mol. The van der Waals surface area contributed by atoms with Gasteiger partial charge in [-0.25, -0.2) is 9.78 Å². The molecule has 6 N–H and O–H groups in total. The molecular formula is C8H10N4O3. The first-order valence-electron chi connectivity index (χ1n) is 4.01. The Morgan fingerprint density at radius 2 is 2.20 bits per heavy atom. The minimum absolute atomic E-state index is 0.0653. The fourth-order valence-corrected chi connectivity index (χ4v) is 0.956. The summed E-state index contributed by atoms with van der Waals surface area (Å²) in [6, 6.07) is 1.25. The molecule has 0 unspecified atom stereocenters. The lowest BCUT2D eigenvalue weighted by atomic mass is 10.2. The molecule has 0 radical (unpaired) electrons. The molecule has 0 fully saturated rings. The number of nitrogen functional groups attached to an aromatic ring is 1. The quantitative estimate of drug-likeness (QED) is 0.517. The predicted octanol–water partition coefficient (Wildman–Crippen LogP) is -0.741. The summed E-state index contributed by atoms with van der Waals surface area (Å²) in [6.45, 7) is -0.183. The molecule has 80 valence electrons. The van der Waals surface area contributed by atoms with Crippen molar-refractivity contribution < 1.29 is 14.7 Å². The minimum atomic E-state index is -1.18. The molecule has 0 aliphatic rings. The molecule has 0 aromatic carbocycles. The molecule has 7 heteroatoms. The molecule has 0 bridgehead atoms. The first-order valence-corrected chi connectivity index (χ1v) is 4.01. The zero-order valence-corrected chi connectivity index (χ0v) is 7.73. The van der Waals surface area contributed by atoms with E-state index in [2.05, 4.69) is 10.3 Å². The van der Waals surface area contributed by atoms with Crippen molar-refractivity contribution in [3.8, 4) is 0 Å². The molecule has 7 nitrogen and oxygen atoms in total. The summed E-state index contributed by atoms with van der Waals surface area (Å²) in [6.07, 6.45) is 1.29. The third kappa shape index (κ3) is 2.83. The Hall–Kier alpha value is -2.31. The van der Waals surface area contributed by atoms with Crippen LogP contribution in [0.1, 0.15) is 10.4 Å². The fourth-order valence-electron chi connectivity index (χ4n) is 0.956. The normalized spacial score (nSPS) is 9.60. The highest BCUT2D eigenvalue weighted by Crippen LogP contribution is 2.14. The number of nitrogens with zero attached hydrogens (tertiary/aromatic N) is 1. The van der Waals surface area contributed by atoms with Gasteiger partial charge in [0.05, 0.1) is 18.4 Å². The van der Waals surface area contributed by atoms with Crippen LogP contribution in [0.4, 0.5) is 11.5 Å². The van der Waals surface area contributed by atoms with Crippen LogP contribution in [-0.4, -0.2) is 28.5 Å². The van der Waals surface area contributed by atoms with E-state index in [1.165, 1.54) is 12.3 Å². The van der Waals surface area contributed by atoms with Gasteiger partial charge in [-0.3, -0.25) is 4.79 Å². The molecule has 0 atom stereocenters. The number of hydrogen-bond acceptors (Lipinski definition) is 5. The molecule has 1 amide bonds. The third-order valence-electron chi connectivity index (χ3n) is 1.57. The summed E-state index contributed by atoms with van der Waals surface area (Å²) in [5.41, 5.74) is 10.4. The van der Waals surface area contributed by atoms with Gasteiger partial charge in [0.1, 0.15) is 11.4 Å². The lowest BCUT2D eigenvalue weighted by Crippen LogP contribution is -2.23. The Morgan fingerprint density at radius 1 is 1.53 bits per heavy atom. The van der Waals surface area contributed by atoms with Gasteiger partial charge in [-0.1, -0.05) is 0 Å². The molecule has 0 saturated carbocycles. The first-order chi connectivity index (χ1) is 7.00. The van der Waals surface area contributed by atoms with Gasteiger partial charge in [-0.05, 0) is 6.07 Å². The Balaban J connectivity index is 2.95. The monoisotopic (exact) mass is 210 g/mol. The number of nitrogens with two attached hydrogens (primary N) is 2. The van der Waals surface area contributed by atoms with Crippen molar-refractivity contribution in [2.75, 3.05) is 17.6 Å². The highest BCUT2D eigenvalue weighted by Gasteiger charge is 2.11. The van der Waals surface area contributed by atoms with E-state index >= 15 is 0 Å². The number of aromatic nitrogens is 1. The summed E-state index contributed by atoms with van der Waals surface area (Å²) in [5.74, 6) is -1.72. The second-order valence-electron chi connectivity index (χ2n) is 2.79. The Labute approximate surface area is 85.1 Å². The van der Waals surface area contributed by atoms with Crippen LogP contribution in [0.15, 0.2) is 12.3 Å². The van der Waals surface area contributed by atoms with Crippen LogP contribution in [0.25, 0.3) is 0 Å².